The minimum atomic E-state index is -3.38. The Labute approximate surface area is 77.9 Å². The normalized spacial score (nSPS) is 23.0. The maximum atomic E-state index is 11.3. The molecule has 1 amide bonds. The molecule has 1 saturated heterocycles. The highest BCUT2D eigenvalue weighted by Crippen LogP contribution is 2.07. The van der Waals surface area contributed by atoms with E-state index in [9.17, 15) is 13.2 Å². The molecule has 1 aliphatic rings. The molecule has 5 nitrogen and oxygen atoms in total. The van der Waals surface area contributed by atoms with Crippen molar-refractivity contribution in [2.24, 2.45) is 5.92 Å². The lowest BCUT2D eigenvalue weighted by Crippen LogP contribution is -2.37. The molecular weight excluding hydrogens is 192 g/mol. The highest BCUT2D eigenvalue weighted by molar-refractivity contribution is 7.90. The highest BCUT2D eigenvalue weighted by Gasteiger charge is 2.24. The predicted octanol–water partition coefficient (Wildman–Crippen LogP) is -0.938. The number of carbonyl (C=O) groups excluding carboxylic acids is 1. The van der Waals surface area contributed by atoms with Crippen LogP contribution in [0.15, 0.2) is 0 Å². The van der Waals surface area contributed by atoms with Crippen molar-refractivity contribution >= 4 is 15.9 Å². The van der Waals surface area contributed by atoms with E-state index in [4.69, 9.17) is 0 Å². The van der Waals surface area contributed by atoms with Crippen LogP contribution in [-0.2, 0) is 14.8 Å². The summed E-state index contributed by atoms with van der Waals surface area (Å²) in [6.45, 7) is 2.86. The predicted molar refractivity (Wildman–Crippen MR) is 48.6 cm³/mol. The lowest BCUT2D eigenvalue weighted by molar-refractivity contribution is -0.122. The summed E-state index contributed by atoms with van der Waals surface area (Å²) in [5.41, 5.74) is 0. The smallest absolute Gasteiger partial charge is 0.237 e. The van der Waals surface area contributed by atoms with E-state index in [0.29, 0.717) is 13.0 Å². The zero-order valence-corrected chi connectivity index (χ0v) is 8.36. The lowest BCUT2D eigenvalue weighted by atomic mass is 10.1. The molecule has 2 N–H and O–H groups in total. The molecule has 1 atom stereocenters. The van der Waals surface area contributed by atoms with E-state index in [0.717, 1.165) is 6.54 Å². The van der Waals surface area contributed by atoms with Gasteiger partial charge in [-0.1, -0.05) is 0 Å². The minimum Gasteiger partial charge on any atom is -0.316 e. The number of nitrogens with one attached hydrogen (secondary N) is 2. The van der Waals surface area contributed by atoms with Gasteiger partial charge in [-0.25, -0.2) is 8.42 Å². The molecule has 0 bridgehead atoms. The largest absolute Gasteiger partial charge is 0.316 e. The molecule has 13 heavy (non-hydrogen) atoms. The van der Waals surface area contributed by atoms with Gasteiger partial charge in [0.05, 0.1) is 11.7 Å². The van der Waals surface area contributed by atoms with Gasteiger partial charge in [-0.3, -0.25) is 9.52 Å². The first-order valence-corrected chi connectivity index (χ1v) is 5.95. The van der Waals surface area contributed by atoms with Crippen LogP contribution in [0.25, 0.3) is 0 Å². The number of amides is 1. The average molecular weight is 206 g/mol. The van der Waals surface area contributed by atoms with Crippen molar-refractivity contribution in [3.05, 3.63) is 0 Å². The minimum absolute atomic E-state index is 0.0567. The van der Waals surface area contributed by atoms with E-state index in [1.807, 2.05) is 4.72 Å². The second kappa shape index (κ2) is 4.06. The van der Waals surface area contributed by atoms with Gasteiger partial charge in [-0.15, -0.1) is 0 Å². The van der Waals surface area contributed by atoms with Gasteiger partial charge >= 0.3 is 0 Å². The number of hydrogen-bond donors (Lipinski definition) is 2. The Morgan fingerprint density at radius 1 is 1.62 bits per heavy atom. The summed E-state index contributed by atoms with van der Waals surface area (Å²) in [5, 5.41) is 3.00. The van der Waals surface area contributed by atoms with Crippen molar-refractivity contribution in [1.29, 1.82) is 0 Å². The lowest BCUT2D eigenvalue weighted by Gasteiger charge is -2.08. The Hall–Kier alpha value is -0.620. The van der Waals surface area contributed by atoms with Gasteiger partial charge < -0.3 is 5.32 Å². The van der Waals surface area contributed by atoms with Crippen LogP contribution in [0.5, 0.6) is 0 Å². The second-order valence-corrected chi connectivity index (χ2v) is 5.07. The summed E-state index contributed by atoms with van der Waals surface area (Å²) in [5.74, 6) is -0.632. The summed E-state index contributed by atoms with van der Waals surface area (Å²) >= 11 is 0. The van der Waals surface area contributed by atoms with Crippen molar-refractivity contribution in [2.45, 2.75) is 13.3 Å². The zero-order valence-electron chi connectivity index (χ0n) is 7.54. The molecule has 76 valence electrons. The number of carbonyl (C=O) groups is 1. The number of hydrogen-bond acceptors (Lipinski definition) is 4. The van der Waals surface area contributed by atoms with E-state index in [1.165, 1.54) is 6.92 Å². The molecule has 1 rings (SSSR count). The Balaban J connectivity index is 2.49. The van der Waals surface area contributed by atoms with Crippen LogP contribution < -0.4 is 10.0 Å². The number of sulfonamides is 1. The van der Waals surface area contributed by atoms with Gasteiger partial charge in [0, 0.05) is 6.54 Å². The Kier molecular flexibility index (Phi) is 3.27. The van der Waals surface area contributed by atoms with E-state index in [2.05, 4.69) is 5.32 Å². The maximum absolute atomic E-state index is 11.3. The topological polar surface area (TPSA) is 75.3 Å². The van der Waals surface area contributed by atoms with Crippen molar-refractivity contribution in [2.75, 3.05) is 18.8 Å². The summed E-state index contributed by atoms with van der Waals surface area (Å²) in [6.07, 6.45) is 0.713. The first kappa shape index (κ1) is 10.5. The molecule has 0 aliphatic carbocycles. The molecule has 0 radical (unpaired) electrons. The van der Waals surface area contributed by atoms with Crippen LogP contribution in [0.3, 0.4) is 0 Å². The molecule has 6 heteroatoms. The second-order valence-electron chi connectivity index (χ2n) is 3.06. The van der Waals surface area contributed by atoms with Gasteiger partial charge in [0.15, 0.2) is 0 Å². The van der Waals surface area contributed by atoms with Gasteiger partial charge in [-0.05, 0) is 19.9 Å². The Bertz CT molecular complexity index is 280. The average Bonchev–Trinajstić information content (AvgIpc) is 2.55. The molecule has 0 saturated carbocycles. The monoisotopic (exact) mass is 206 g/mol. The van der Waals surface area contributed by atoms with Crippen LogP contribution >= 0.6 is 0 Å². The summed E-state index contributed by atoms with van der Waals surface area (Å²) < 4.78 is 24.1. The molecule has 0 aromatic heterocycles. The van der Waals surface area contributed by atoms with Crippen molar-refractivity contribution in [1.82, 2.24) is 10.0 Å². The standard InChI is InChI=1S/C7H14N2O3S/c1-2-13(11,12)9-7(10)6-3-4-8-5-6/h6,8H,2-5H2,1H3,(H,9,10). The molecule has 0 aromatic carbocycles. The molecule has 1 unspecified atom stereocenters. The Morgan fingerprint density at radius 2 is 2.31 bits per heavy atom. The third kappa shape index (κ3) is 2.96. The van der Waals surface area contributed by atoms with Gasteiger partial charge in [0.2, 0.25) is 15.9 Å². The quantitative estimate of drug-likeness (QED) is 0.625. The molecule has 0 spiro atoms. The summed E-state index contributed by atoms with van der Waals surface area (Å²) in [6, 6.07) is 0. The summed E-state index contributed by atoms with van der Waals surface area (Å²) in [7, 11) is -3.38. The van der Waals surface area contributed by atoms with Crippen LogP contribution in [0, 0.1) is 5.92 Å². The van der Waals surface area contributed by atoms with E-state index in [-0.39, 0.29) is 17.6 Å². The van der Waals surface area contributed by atoms with Crippen LogP contribution in [0.1, 0.15) is 13.3 Å². The summed E-state index contributed by atoms with van der Waals surface area (Å²) in [4.78, 5) is 11.3. The number of rotatable bonds is 3. The van der Waals surface area contributed by atoms with E-state index in [1.54, 1.807) is 0 Å². The fourth-order valence-corrected chi connectivity index (χ4v) is 1.80. The maximum Gasteiger partial charge on any atom is 0.237 e. The zero-order chi connectivity index (χ0) is 9.90. The van der Waals surface area contributed by atoms with E-state index < -0.39 is 10.0 Å². The molecule has 1 heterocycles. The van der Waals surface area contributed by atoms with Crippen LogP contribution in [0.2, 0.25) is 0 Å². The van der Waals surface area contributed by atoms with Gasteiger partial charge in [0.25, 0.3) is 0 Å². The molecular formula is C7H14N2O3S. The highest BCUT2D eigenvalue weighted by atomic mass is 32.2. The Morgan fingerprint density at radius 3 is 2.77 bits per heavy atom. The SMILES string of the molecule is CCS(=O)(=O)NC(=O)C1CCNC1. The third-order valence-corrected chi connectivity index (χ3v) is 3.34. The van der Waals surface area contributed by atoms with Gasteiger partial charge in [0.1, 0.15) is 0 Å². The fraction of sp³-hybridized carbons (Fsp3) is 0.857. The van der Waals surface area contributed by atoms with Gasteiger partial charge in [-0.2, -0.15) is 0 Å². The van der Waals surface area contributed by atoms with Crippen molar-refractivity contribution in [3.8, 4) is 0 Å². The van der Waals surface area contributed by atoms with Crippen LogP contribution in [0.4, 0.5) is 0 Å². The first-order chi connectivity index (χ1) is 6.05. The van der Waals surface area contributed by atoms with E-state index >= 15 is 0 Å². The van der Waals surface area contributed by atoms with Crippen molar-refractivity contribution < 1.29 is 13.2 Å². The van der Waals surface area contributed by atoms with Crippen molar-refractivity contribution in [3.63, 3.8) is 0 Å². The molecule has 1 fully saturated rings. The third-order valence-electron chi connectivity index (χ3n) is 2.07. The fourth-order valence-electron chi connectivity index (χ4n) is 1.19. The molecule has 0 aromatic rings. The molecule has 1 aliphatic heterocycles. The first-order valence-electron chi connectivity index (χ1n) is 4.30. The van der Waals surface area contributed by atoms with Crippen LogP contribution in [-0.4, -0.2) is 33.2 Å².